The number of alkyl halides is 3. The average molecular weight is 427 g/mol. The maximum absolute atomic E-state index is 13.4. The van der Waals surface area contributed by atoms with Crippen LogP contribution in [0.5, 0.6) is 5.88 Å². The Morgan fingerprint density at radius 1 is 1.19 bits per heavy atom. The van der Waals surface area contributed by atoms with E-state index in [0.717, 1.165) is 6.07 Å². The maximum Gasteiger partial charge on any atom is 0.417 e. The fourth-order valence-electron chi connectivity index (χ4n) is 3.05. The highest BCUT2D eigenvalue weighted by atomic mass is 19.4. The quantitative estimate of drug-likeness (QED) is 0.509. The molecule has 0 unspecified atom stereocenters. The monoisotopic (exact) mass is 427 g/mol. The van der Waals surface area contributed by atoms with Gasteiger partial charge in [0, 0.05) is 29.7 Å². The fourth-order valence-corrected chi connectivity index (χ4v) is 3.05. The Kier molecular flexibility index (Phi) is 5.28. The summed E-state index contributed by atoms with van der Waals surface area (Å²) < 4.78 is 46.8. The van der Waals surface area contributed by atoms with Crippen LogP contribution in [0.4, 0.5) is 18.9 Å². The van der Waals surface area contributed by atoms with Crippen molar-refractivity contribution >= 4 is 17.2 Å². The van der Waals surface area contributed by atoms with E-state index >= 15 is 0 Å². The van der Waals surface area contributed by atoms with E-state index in [0.29, 0.717) is 18.2 Å². The molecular weight excluding hydrogens is 411 g/mol. The number of benzene rings is 1. The lowest BCUT2D eigenvalue weighted by molar-refractivity contribution is -0.137. The van der Waals surface area contributed by atoms with Crippen LogP contribution >= 0.6 is 0 Å². The van der Waals surface area contributed by atoms with E-state index in [4.69, 9.17) is 4.74 Å². The van der Waals surface area contributed by atoms with Crippen molar-refractivity contribution in [2.75, 3.05) is 11.9 Å². The molecule has 0 fully saturated rings. The number of fused-ring (bicyclic) bond motifs is 1. The number of ether oxygens (including phenoxy) is 1. The molecule has 0 aliphatic heterocycles. The van der Waals surface area contributed by atoms with Crippen molar-refractivity contribution in [1.82, 2.24) is 19.6 Å². The lowest BCUT2D eigenvalue weighted by atomic mass is 10.0. The van der Waals surface area contributed by atoms with Crippen molar-refractivity contribution in [3.8, 4) is 17.1 Å². The van der Waals surface area contributed by atoms with Crippen LogP contribution in [0.1, 0.15) is 22.8 Å². The summed E-state index contributed by atoms with van der Waals surface area (Å²) in [6, 6.07) is 9.71. The molecule has 4 aromatic rings. The van der Waals surface area contributed by atoms with E-state index in [1.165, 1.54) is 47.4 Å². The molecule has 0 saturated carbocycles. The van der Waals surface area contributed by atoms with Crippen molar-refractivity contribution < 1.29 is 22.7 Å². The molecule has 0 radical (unpaired) electrons. The minimum Gasteiger partial charge on any atom is -0.478 e. The zero-order valence-corrected chi connectivity index (χ0v) is 16.2. The molecule has 1 aromatic carbocycles. The molecule has 3 aromatic heterocycles. The smallest absolute Gasteiger partial charge is 0.417 e. The van der Waals surface area contributed by atoms with E-state index in [9.17, 15) is 18.0 Å². The number of aromatic nitrogens is 4. The molecule has 0 aliphatic rings. The van der Waals surface area contributed by atoms with E-state index in [-0.39, 0.29) is 22.5 Å². The van der Waals surface area contributed by atoms with Gasteiger partial charge in [0.15, 0.2) is 5.65 Å². The number of anilines is 1. The fraction of sp³-hybridized carbons (Fsp3) is 0.143. The van der Waals surface area contributed by atoms with Crippen molar-refractivity contribution in [3.63, 3.8) is 0 Å². The number of rotatable bonds is 5. The highest BCUT2D eigenvalue weighted by Gasteiger charge is 2.33. The van der Waals surface area contributed by atoms with Crippen LogP contribution in [0.3, 0.4) is 0 Å². The number of nitrogens with zero attached hydrogens (tertiary/aromatic N) is 4. The highest BCUT2D eigenvalue weighted by molar-refractivity contribution is 6.08. The second kappa shape index (κ2) is 8.05. The number of halogens is 3. The van der Waals surface area contributed by atoms with Gasteiger partial charge in [0.2, 0.25) is 5.88 Å². The summed E-state index contributed by atoms with van der Waals surface area (Å²) in [7, 11) is 0. The van der Waals surface area contributed by atoms with Gasteiger partial charge >= 0.3 is 6.18 Å². The second-order valence-electron chi connectivity index (χ2n) is 6.45. The Morgan fingerprint density at radius 3 is 2.77 bits per heavy atom. The molecule has 0 bridgehead atoms. The number of hydrogen-bond acceptors (Lipinski definition) is 5. The van der Waals surface area contributed by atoms with E-state index in [1.54, 1.807) is 12.1 Å². The summed E-state index contributed by atoms with van der Waals surface area (Å²) in [6.45, 7) is 2.23. The number of amides is 1. The SMILES string of the molecule is CCOc1cc(NC(=O)c2cnn3ccc(-c4ccccc4C(F)(F)F)nc23)ccn1. The molecule has 0 aliphatic carbocycles. The van der Waals surface area contributed by atoms with Gasteiger partial charge in [0.05, 0.1) is 24.1 Å². The van der Waals surface area contributed by atoms with E-state index in [2.05, 4.69) is 20.4 Å². The van der Waals surface area contributed by atoms with Crippen molar-refractivity contribution in [1.29, 1.82) is 0 Å². The van der Waals surface area contributed by atoms with Gasteiger partial charge in [-0.1, -0.05) is 18.2 Å². The summed E-state index contributed by atoms with van der Waals surface area (Å²) in [5, 5.41) is 6.77. The summed E-state index contributed by atoms with van der Waals surface area (Å²) >= 11 is 0. The number of nitrogens with one attached hydrogen (secondary N) is 1. The first-order valence-electron chi connectivity index (χ1n) is 9.28. The molecule has 31 heavy (non-hydrogen) atoms. The average Bonchev–Trinajstić information content (AvgIpc) is 3.17. The molecule has 4 rings (SSSR count). The Bertz CT molecular complexity index is 1250. The first kappa shape index (κ1) is 20.3. The molecule has 10 heteroatoms. The number of carbonyl (C=O) groups excluding carboxylic acids is 1. The van der Waals surface area contributed by atoms with E-state index < -0.39 is 17.6 Å². The predicted octanol–water partition coefficient (Wildman–Crippen LogP) is 4.46. The number of hydrogen-bond donors (Lipinski definition) is 1. The molecule has 7 nitrogen and oxygen atoms in total. The van der Waals surface area contributed by atoms with Crippen LogP contribution in [0, 0.1) is 0 Å². The van der Waals surface area contributed by atoms with Crippen LogP contribution in [0.2, 0.25) is 0 Å². The Balaban J connectivity index is 1.70. The second-order valence-corrected chi connectivity index (χ2v) is 6.45. The van der Waals surface area contributed by atoms with E-state index in [1.807, 2.05) is 6.92 Å². The standard InChI is InChI=1S/C21H16F3N5O2/c1-2-31-18-11-13(7-9-25-18)27-20(30)15-12-26-29-10-8-17(28-19(15)29)14-5-3-4-6-16(14)21(22,23)24/h3-12H,2H2,1H3,(H,25,27,30). The first-order chi connectivity index (χ1) is 14.9. The first-order valence-corrected chi connectivity index (χ1v) is 9.28. The van der Waals surface area contributed by atoms with Gasteiger partial charge < -0.3 is 10.1 Å². The van der Waals surface area contributed by atoms with Crippen LogP contribution < -0.4 is 10.1 Å². The van der Waals surface area contributed by atoms with Crippen molar-refractivity contribution in [3.05, 3.63) is 72.2 Å². The zero-order valence-electron chi connectivity index (χ0n) is 16.2. The zero-order chi connectivity index (χ0) is 22.0. The number of pyridine rings is 1. The molecule has 0 atom stereocenters. The molecule has 0 spiro atoms. The van der Waals surface area contributed by atoms with Crippen LogP contribution in [-0.4, -0.2) is 32.1 Å². The Hall–Kier alpha value is -3.95. The molecular formula is C21H16F3N5O2. The van der Waals surface area contributed by atoms with Crippen LogP contribution in [0.25, 0.3) is 16.9 Å². The largest absolute Gasteiger partial charge is 0.478 e. The molecule has 1 amide bonds. The summed E-state index contributed by atoms with van der Waals surface area (Å²) in [5.74, 6) is -0.165. The van der Waals surface area contributed by atoms with Crippen LogP contribution in [-0.2, 0) is 6.18 Å². The topological polar surface area (TPSA) is 81.4 Å². The Labute approximate surface area is 174 Å². The van der Waals surface area contributed by atoms with Crippen molar-refractivity contribution in [2.24, 2.45) is 0 Å². The normalized spacial score (nSPS) is 11.5. The number of carbonyl (C=O) groups is 1. The lowest BCUT2D eigenvalue weighted by Gasteiger charge is -2.12. The van der Waals surface area contributed by atoms with Gasteiger partial charge in [0.1, 0.15) is 5.56 Å². The third-order valence-electron chi connectivity index (χ3n) is 4.41. The third-order valence-corrected chi connectivity index (χ3v) is 4.41. The molecule has 1 N–H and O–H groups in total. The van der Waals surface area contributed by atoms with Gasteiger partial charge in [-0.3, -0.25) is 4.79 Å². The predicted molar refractivity (Wildman–Crippen MR) is 107 cm³/mol. The lowest BCUT2D eigenvalue weighted by Crippen LogP contribution is -2.12. The van der Waals surface area contributed by atoms with Gasteiger partial charge in [-0.15, -0.1) is 0 Å². The minimum atomic E-state index is -4.54. The summed E-state index contributed by atoms with van der Waals surface area (Å²) in [5.41, 5.74) is -0.121. The van der Waals surface area contributed by atoms with Crippen LogP contribution in [0.15, 0.2) is 61.1 Å². The van der Waals surface area contributed by atoms with Gasteiger partial charge in [-0.25, -0.2) is 14.5 Å². The molecule has 3 heterocycles. The van der Waals surface area contributed by atoms with Crippen molar-refractivity contribution in [2.45, 2.75) is 13.1 Å². The van der Waals surface area contributed by atoms with Gasteiger partial charge in [-0.2, -0.15) is 18.3 Å². The molecule has 0 saturated heterocycles. The molecule has 158 valence electrons. The summed E-state index contributed by atoms with van der Waals surface area (Å²) in [4.78, 5) is 21.1. The summed E-state index contributed by atoms with van der Waals surface area (Å²) in [6.07, 6.45) is -0.283. The highest BCUT2D eigenvalue weighted by Crippen LogP contribution is 2.36. The maximum atomic E-state index is 13.4. The Morgan fingerprint density at radius 2 is 2.00 bits per heavy atom. The minimum absolute atomic E-state index is 0.0810. The third kappa shape index (κ3) is 4.18. The van der Waals surface area contributed by atoms with Gasteiger partial charge in [-0.05, 0) is 25.1 Å². The van der Waals surface area contributed by atoms with Gasteiger partial charge in [0.25, 0.3) is 5.91 Å².